The van der Waals surface area contributed by atoms with Gasteiger partial charge < -0.3 is 15.2 Å². The minimum absolute atomic E-state index is 0.0595. The van der Waals surface area contributed by atoms with Crippen molar-refractivity contribution in [1.29, 1.82) is 0 Å². The molecule has 0 atom stereocenters. The maximum absolute atomic E-state index is 11.5. The number of hydrogen-bond acceptors (Lipinski definition) is 4. The van der Waals surface area contributed by atoms with Crippen LogP contribution in [0.15, 0.2) is 36.4 Å². The highest BCUT2D eigenvalue weighted by Crippen LogP contribution is 2.24. The number of phenolic OH excluding ortho intramolecular Hbond substituents is 1. The molecule has 2 aromatic rings. The summed E-state index contributed by atoms with van der Waals surface area (Å²) in [5, 5.41) is 13.0. The van der Waals surface area contributed by atoms with Crippen LogP contribution in [0.4, 0.5) is 5.69 Å². The van der Waals surface area contributed by atoms with E-state index < -0.39 is 0 Å². The molecule has 0 aliphatic carbocycles. The van der Waals surface area contributed by atoms with Crippen molar-refractivity contribution in [2.24, 2.45) is 0 Å². The van der Waals surface area contributed by atoms with Crippen LogP contribution in [0.3, 0.4) is 0 Å². The van der Waals surface area contributed by atoms with Gasteiger partial charge in [0.25, 0.3) is 0 Å². The summed E-state index contributed by atoms with van der Waals surface area (Å²) in [5.41, 5.74) is 3.30. The lowest BCUT2D eigenvalue weighted by Crippen LogP contribution is -2.05. The van der Waals surface area contributed by atoms with Crippen LogP contribution in [-0.2, 0) is 11.3 Å². The Morgan fingerprint density at radius 1 is 1.29 bits per heavy atom. The standard InChI is InChI=1S/C16H16ClNO3/c1-10-3-5-12(16(20)21-2)8-14(10)18-9-11-4-6-15(19)13(17)7-11/h3-8,18-19H,9H2,1-2H3. The third-order valence-corrected chi connectivity index (χ3v) is 3.46. The van der Waals surface area contributed by atoms with E-state index in [4.69, 9.17) is 16.3 Å². The number of hydrogen-bond donors (Lipinski definition) is 2. The van der Waals surface area contributed by atoms with Crippen molar-refractivity contribution >= 4 is 23.3 Å². The molecule has 110 valence electrons. The first-order valence-corrected chi connectivity index (χ1v) is 6.79. The number of anilines is 1. The third-order valence-electron chi connectivity index (χ3n) is 3.15. The van der Waals surface area contributed by atoms with Crippen molar-refractivity contribution in [2.75, 3.05) is 12.4 Å². The number of carbonyl (C=O) groups is 1. The Bertz CT molecular complexity index is 671. The maximum Gasteiger partial charge on any atom is 0.337 e. The molecule has 2 aromatic carbocycles. The zero-order valence-electron chi connectivity index (χ0n) is 11.8. The molecule has 0 saturated heterocycles. The zero-order chi connectivity index (χ0) is 15.4. The average Bonchev–Trinajstić information content (AvgIpc) is 2.49. The topological polar surface area (TPSA) is 58.6 Å². The molecule has 0 radical (unpaired) electrons. The molecule has 0 aliphatic rings. The Morgan fingerprint density at radius 2 is 2.05 bits per heavy atom. The summed E-state index contributed by atoms with van der Waals surface area (Å²) >= 11 is 5.87. The van der Waals surface area contributed by atoms with Crippen molar-refractivity contribution in [1.82, 2.24) is 0 Å². The normalized spacial score (nSPS) is 10.2. The second kappa shape index (κ2) is 6.50. The minimum atomic E-state index is -0.370. The summed E-state index contributed by atoms with van der Waals surface area (Å²) in [6.45, 7) is 2.48. The van der Waals surface area contributed by atoms with Crippen LogP contribution in [0, 0.1) is 6.92 Å². The predicted octanol–water partition coefficient (Wildman–Crippen LogP) is 3.75. The molecule has 0 amide bonds. The molecule has 5 heteroatoms. The largest absolute Gasteiger partial charge is 0.506 e. The predicted molar refractivity (Wildman–Crippen MR) is 83.0 cm³/mol. The number of nitrogens with one attached hydrogen (secondary N) is 1. The molecule has 0 aliphatic heterocycles. The number of aryl methyl sites for hydroxylation is 1. The number of benzene rings is 2. The van der Waals surface area contributed by atoms with Crippen molar-refractivity contribution < 1.29 is 14.6 Å². The van der Waals surface area contributed by atoms with E-state index in [1.807, 2.05) is 13.0 Å². The van der Waals surface area contributed by atoms with Gasteiger partial charge in [-0.2, -0.15) is 0 Å². The number of aromatic hydroxyl groups is 1. The molecule has 0 bridgehead atoms. The van der Waals surface area contributed by atoms with E-state index in [1.165, 1.54) is 7.11 Å². The summed E-state index contributed by atoms with van der Waals surface area (Å²) in [6.07, 6.45) is 0. The number of methoxy groups -OCH3 is 1. The molecule has 0 saturated carbocycles. The van der Waals surface area contributed by atoms with Crippen LogP contribution in [-0.4, -0.2) is 18.2 Å². The molecule has 0 aromatic heterocycles. The van der Waals surface area contributed by atoms with Gasteiger partial charge in [0, 0.05) is 12.2 Å². The number of rotatable bonds is 4. The summed E-state index contributed by atoms with van der Waals surface area (Å²) in [7, 11) is 1.35. The lowest BCUT2D eigenvalue weighted by molar-refractivity contribution is 0.0601. The van der Waals surface area contributed by atoms with Gasteiger partial charge in [0.05, 0.1) is 17.7 Å². The molecule has 4 nitrogen and oxygen atoms in total. The van der Waals surface area contributed by atoms with E-state index in [0.29, 0.717) is 17.1 Å². The van der Waals surface area contributed by atoms with Gasteiger partial charge in [0.2, 0.25) is 0 Å². The van der Waals surface area contributed by atoms with E-state index in [0.717, 1.165) is 16.8 Å². The molecular weight excluding hydrogens is 290 g/mol. The molecule has 21 heavy (non-hydrogen) atoms. The Kier molecular flexibility index (Phi) is 4.70. The minimum Gasteiger partial charge on any atom is -0.506 e. The Morgan fingerprint density at radius 3 is 2.71 bits per heavy atom. The maximum atomic E-state index is 11.5. The first-order valence-electron chi connectivity index (χ1n) is 6.41. The average molecular weight is 306 g/mol. The van der Waals surface area contributed by atoms with Crippen LogP contribution in [0.2, 0.25) is 5.02 Å². The van der Waals surface area contributed by atoms with Gasteiger partial charge in [0.15, 0.2) is 0 Å². The third kappa shape index (κ3) is 3.67. The van der Waals surface area contributed by atoms with Crippen LogP contribution in [0.25, 0.3) is 0 Å². The van der Waals surface area contributed by atoms with Gasteiger partial charge >= 0.3 is 5.97 Å². The van der Waals surface area contributed by atoms with Crippen molar-refractivity contribution in [2.45, 2.75) is 13.5 Å². The first kappa shape index (κ1) is 15.2. The van der Waals surface area contributed by atoms with E-state index in [9.17, 15) is 9.90 Å². The fourth-order valence-corrected chi connectivity index (χ4v) is 2.12. The van der Waals surface area contributed by atoms with E-state index in [-0.39, 0.29) is 11.7 Å². The summed E-state index contributed by atoms with van der Waals surface area (Å²) in [4.78, 5) is 11.5. The monoisotopic (exact) mass is 305 g/mol. The fraction of sp³-hybridized carbons (Fsp3) is 0.188. The number of phenols is 1. The molecule has 2 rings (SSSR count). The smallest absolute Gasteiger partial charge is 0.337 e. The lowest BCUT2D eigenvalue weighted by atomic mass is 10.1. The Labute approximate surface area is 128 Å². The molecule has 0 fully saturated rings. The van der Waals surface area contributed by atoms with Gasteiger partial charge in [0.1, 0.15) is 5.75 Å². The Hall–Kier alpha value is -2.20. The quantitative estimate of drug-likeness (QED) is 0.845. The highest BCUT2D eigenvalue weighted by Gasteiger charge is 2.08. The van der Waals surface area contributed by atoms with E-state index in [2.05, 4.69) is 5.32 Å². The Balaban J connectivity index is 2.15. The summed E-state index contributed by atoms with van der Waals surface area (Å²) < 4.78 is 4.71. The van der Waals surface area contributed by atoms with E-state index >= 15 is 0 Å². The van der Waals surface area contributed by atoms with Crippen LogP contribution in [0.1, 0.15) is 21.5 Å². The number of ether oxygens (including phenoxy) is 1. The number of halogens is 1. The van der Waals surface area contributed by atoms with E-state index in [1.54, 1.807) is 30.3 Å². The first-order chi connectivity index (χ1) is 10.0. The lowest BCUT2D eigenvalue weighted by Gasteiger charge is -2.11. The van der Waals surface area contributed by atoms with Crippen molar-refractivity contribution in [3.05, 3.63) is 58.1 Å². The second-order valence-corrected chi connectivity index (χ2v) is 5.07. The zero-order valence-corrected chi connectivity index (χ0v) is 12.6. The van der Waals surface area contributed by atoms with Crippen LogP contribution in [0.5, 0.6) is 5.75 Å². The fourth-order valence-electron chi connectivity index (χ4n) is 1.91. The van der Waals surface area contributed by atoms with Crippen molar-refractivity contribution in [3.8, 4) is 5.75 Å². The molecule has 2 N–H and O–H groups in total. The molecule has 0 unspecified atom stereocenters. The molecule has 0 spiro atoms. The number of esters is 1. The van der Waals surface area contributed by atoms with Gasteiger partial charge in [-0.25, -0.2) is 4.79 Å². The SMILES string of the molecule is COC(=O)c1ccc(C)c(NCc2ccc(O)c(Cl)c2)c1. The van der Waals surface area contributed by atoms with Crippen molar-refractivity contribution in [3.63, 3.8) is 0 Å². The second-order valence-electron chi connectivity index (χ2n) is 4.66. The summed E-state index contributed by atoms with van der Waals surface area (Å²) in [5.74, 6) is -0.310. The number of carbonyl (C=O) groups excluding carboxylic acids is 1. The van der Waals surface area contributed by atoms with Gasteiger partial charge in [-0.15, -0.1) is 0 Å². The van der Waals surface area contributed by atoms with Crippen LogP contribution >= 0.6 is 11.6 Å². The van der Waals surface area contributed by atoms with Gasteiger partial charge in [-0.3, -0.25) is 0 Å². The summed E-state index contributed by atoms with van der Waals surface area (Å²) in [6, 6.07) is 10.4. The van der Waals surface area contributed by atoms with Gasteiger partial charge in [-0.1, -0.05) is 23.7 Å². The highest BCUT2D eigenvalue weighted by atomic mass is 35.5. The molecule has 0 heterocycles. The van der Waals surface area contributed by atoms with Crippen LogP contribution < -0.4 is 5.32 Å². The van der Waals surface area contributed by atoms with Gasteiger partial charge in [-0.05, 0) is 42.3 Å². The molecular formula is C16H16ClNO3. The highest BCUT2D eigenvalue weighted by molar-refractivity contribution is 6.32.